The Kier molecular flexibility index (Phi) is 30.0. The molecular weight excluding hydrogens is 1590 g/mol. The van der Waals surface area contributed by atoms with Crippen molar-refractivity contribution in [3.05, 3.63) is 323 Å². The van der Waals surface area contributed by atoms with E-state index in [9.17, 15) is 62.3 Å². The summed E-state index contributed by atoms with van der Waals surface area (Å²) in [6.07, 6.45) is -8.27. The second-order valence-corrected chi connectivity index (χ2v) is 25.6. The van der Waals surface area contributed by atoms with Crippen LogP contribution in [0.3, 0.4) is 0 Å². The van der Waals surface area contributed by atoms with Crippen molar-refractivity contribution in [2.75, 3.05) is 49.1 Å². The zero-order valence-electron chi connectivity index (χ0n) is 60.1. The van der Waals surface area contributed by atoms with Crippen molar-refractivity contribution >= 4 is 135 Å². The molecular formula is C84H67BBrClF12N8O7. The fourth-order valence-electron chi connectivity index (χ4n) is 10.9. The molecule has 0 unspecified atom stereocenters. The maximum absolute atomic E-state index is 13.0. The van der Waals surface area contributed by atoms with E-state index in [2.05, 4.69) is 56.6 Å². The number of pyridine rings is 4. The second kappa shape index (κ2) is 39.9. The lowest BCUT2D eigenvalue weighted by Gasteiger charge is -2.14. The van der Waals surface area contributed by atoms with Gasteiger partial charge in [-0.15, -0.1) is 0 Å². The number of carbonyl (C=O) groups excluding carboxylic acids is 2. The third-order valence-electron chi connectivity index (χ3n) is 16.5. The lowest BCUT2D eigenvalue weighted by atomic mass is 9.80. The number of esters is 2. The van der Waals surface area contributed by atoms with Crippen molar-refractivity contribution in [1.29, 1.82) is 0 Å². The van der Waals surface area contributed by atoms with Crippen LogP contribution in [0.15, 0.2) is 284 Å². The third-order valence-corrected chi connectivity index (χ3v) is 17.4. The number of rotatable bonds is 10. The van der Waals surface area contributed by atoms with Crippen LogP contribution in [0.2, 0.25) is 5.15 Å². The highest BCUT2D eigenvalue weighted by molar-refractivity contribution is 9.10. The van der Waals surface area contributed by atoms with E-state index in [1.54, 1.807) is 67.3 Å². The number of nitrogens with two attached hydrogens (primary N) is 1. The Hall–Kier alpha value is -12.1. The molecule has 0 bridgehead atoms. The summed E-state index contributed by atoms with van der Waals surface area (Å²) in [6, 6.07) is 66.8. The zero-order valence-corrected chi connectivity index (χ0v) is 62.4. The fraction of sp³-hybridized carbons (Fsp3) is 0.119. The molecule has 0 atom stereocenters. The quantitative estimate of drug-likeness (QED) is 0.0247. The largest absolute Gasteiger partial charge is 0.488 e. The Morgan fingerprint density at radius 1 is 0.439 bits per heavy atom. The molecule has 30 heteroatoms. The highest BCUT2D eigenvalue weighted by Gasteiger charge is 2.33. The number of carbonyl (C=O) groups is 2. The topological polar surface area (TPSA) is 216 Å². The van der Waals surface area contributed by atoms with Crippen molar-refractivity contribution in [1.82, 2.24) is 19.9 Å². The first kappa shape index (κ1) is 85.8. The Labute approximate surface area is 658 Å². The van der Waals surface area contributed by atoms with E-state index in [1.165, 1.54) is 81.7 Å². The van der Waals surface area contributed by atoms with Crippen LogP contribution < -0.4 is 27.1 Å². The van der Waals surface area contributed by atoms with Crippen LogP contribution in [0.1, 0.15) is 55.8 Å². The highest BCUT2D eigenvalue weighted by atomic mass is 79.9. The molecule has 1 aliphatic rings. The molecule has 1 aliphatic heterocycles. The number of fused-ring (bicyclic) bond motifs is 4. The number of nitrogen functional groups attached to an aromatic ring is 1. The second-order valence-electron chi connectivity index (χ2n) is 24.4. The molecule has 0 saturated carbocycles. The number of anilines is 7. The molecule has 5 heterocycles. The molecule has 0 aliphatic carbocycles. The standard InChI is InChI=1S/C24H17F3N2O2.C16H10BrF3N2.C16H11F3N2.C9H6ClN.C8H9BO4.C7H6F3N.C4H8O/c1-31-23(30)16-11-9-15(10-12-16)21-14-28-22(20-8-3-2-7-19(20)21)29-18-6-4-5-17(13-18)24(25,26)27;17-14-9-21-15(13-7-2-1-6-12(13)14)22-11-5-3-4-10(8-11)16(18,19)20;17-16(18,19)12-5-3-6-13(10-12)21-15-14-7-2-1-4-11(14)8-9-20-15;10-9-8-4-2-1-3-7(8)5-6-11-9;1-13-8(10)6-2-4-7(5-3-6)9(11)12;8-7(9,10)5-2-1-3-6(11)4-5;1-2-4-5-3-1/h2-14H,1H3,(H,28,29);1-9H,(H,21,22);1-10H,(H,20,21);1-6H;2-5,11-12H,1H3;1-4H,11H2;1-4H2. The number of nitrogens with zero attached hydrogens (tertiary/aromatic N) is 4. The van der Waals surface area contributed by atoms with Gasteiger partial charge in [-0.1, -0.05) is 157 Å². The molecule has 0 radical (unpaired) electrons. The van der Waals surface area contributed by atoms with E-state index in [0.29, 0.717) is 56.3 Å². The number of hydrogen-bond donors (Lipinski definition) is 6. The average Bonchev–Trinajstić information content (AvgIpc) is 0.790. The van der Waals surface area contributed by atoms with E-state index in [0.717, 1.165) is 120 Å². The number of methoxy groups -OCH3 is 2. The number of ether oxygens (including phenoxy) is 3. The van der Waals surface area contributed by atoms with Crippen LogP contribution in [-0.4, -0.2) is 76.5 Å². The van der Waals surface area contributed by atoms with E-state index in [4.69, 9.17) is 36.9 Å². The monoisotopic (exact) mass is 1650 g/mol. The summed E-state index contributed by atoms with van der Waals surface area (Å²) in [5.41, 5.74) is 6.29. The number of halogens is 14. The first-order valence-electron chi connectivity index (χ1n) is 34.2. The van der Waals surface area contributed by atoms with Crippen LogP contribution >= 0.6 is 27.5 Å². The van der Waals surface area contributed by atoms with E-state index >= 15 is 0 Å². The van der Waals surface area contributed by atoms with E-state index in [-0.39, 0.29) is 5.69 Å². The number of alkyl halides is 12. The number of hydrogen-bond acceptors (Lipinski definition) is 15. The smallest absolute Gasteiger partial charge is 0.465 e. The average molecular weight is 1650 g/mol. The van der Waals surface area contributed by atoms with Gasteiger partial charge in [-0.05, 0) is 165 Å². The molecule has 4 aromatic heterocycles. The van der Waals surface area contributed by atoms with Gasteiger partial charge >= 0.3 is 43.8 Å². The van der Waals surface area contributed by atoms with Gasteiger partial charge in [0.2, 0.25) is 0 Å². The molecule has 1 fully saturated rings. The van der Waals surface area contributed by atoms with Crippen molar-refractivity contribution in [3.8, 4) is 11.1 Å². The van der Waals surface area contributed by atoms with Gasteiger partial charge in [0.05, 0.1) is 47.6 Å². The fourth-order valence-corrected chi connectivity index (χ4v) is 11.5. The Bertz CT molecular complexity index is 5540. The molecule has 1 saturated heterocycles. The maximum atomic E-state index is 13.0. The molecule has 15 nitrogen and oxygen atoms in total. The Balaban J connectivity index is 0.000000161. The van der Waals surface area contributed by atoms with Gasteiger partial charge in [0.15, 0.2) is 0 Å². The lowest BCUT2D eigenvalue weighted by Crippen LogP contribution is -2.29. The normalized spacial score (nSPS) is 11.7. The summed E-state index contributed by atoms with van der Waals surface area (Å²) in [5, 5.41) is 34.3. The molecule has 0 spiro atoms. The van der Waals surface area contributed by atoms with Gasteiger partial charge in [0, 0.05) is 97.7 Å². The van der Waals surface area contributed by atoms with Crippen LogP contribution in [-0.2, 0) is 38.9 Å². The van der Waals surface area contributed by atoms with Crippen LogP contribution in [0.25, 0.3) is 54.2 Å². The summed E-state index contributed by atoms with van der Waals surface area (Å²) in [4.78, 5) is 39.5. The first-order chi connectivity index (χ1) is 54.4. The maximum Gasteiger partial charge on any atom is 0.488 e. The molecule has 15 rings (SSSR count). The van der Waals surface area contributed by atoms with Crippen molar-refractivity contribution in [2.24, 2.45) is 0 Å². The van der Waals surface area contributed by atoms with Gasteiger partial charge < -0.3 is 45.9 Å². The molecule has 10 aromatic carbocycles. The summed E-state index contributed by atoms with van der Waals surface area (Å²) in [6.45, 7) is 2.00. The zero-order chi connectivity index (χ0) is 82.2. The summed E-state index contributed by atoms with van der Waals surface area (Å²) in [7, 11) is 1.10. The van der Waals surface area contributed by atoms with Crippen LogP contribution in [0.5, 0.6) is 0 Å². The minimum atomic E-state index is -4.42. The third kappa shape index (κ3) is 24.7. The SMILES string of the molecule is C1CCOC1.COC(=O)c1ccc(-c2cnc(Nc3cccc(C(F)(F)F)c3)c3ccccc23)cc1.COC(=O)c1ccc(B(O)O)cc1.Clc1nccc2ccccc12.FC(F)(F)c1cccc(Nc2ncc(Br)c3ccccc23)c1.FC(F)(F)c1cccc(Nc2nccc3ccccc23)c1.Nc1cccc(C(F)(F)F)c1. The summed E-state index contributed by atoms with van der Waals surface area (Å²) >= 11 is 9.26. The van der Waals surface area contributed by atoms with Gasteiger partial charge in [0.1, 0.15) is 22.6 Å². The highest BCUT2D eigenvalue weighted by Crippen LogP contribution is 2.39. The lowest BCUT2D eigenvalue weighted by molar-refractivity contribution is -0.138. The summed E-state index contributed by atoms with van der Waals surface area (Å²) in [5.74, 6) is 0.629. The number of aromatic nitrogens is 4. The Morgan fingerprint density at radius 3 is 1.24 bits per heavy atom. The first-order valence-corrected chi connectivity index (χ1v) is 35.4. The predicted molar refractivity (Wildman–Crippen MR) is 424 cm³/mol. The van der Waals surface area contributed by atoms with Crippen molar-refractivity contribution in [3.63, 3.8) is 0 Å². The van der Waals surface area contributed by atoms with Gasteiger partial charge in [-0.25, -0.2) is 29.5 Å². The van der Waals surface area contributed by atoms with Gasteiger partial charge in [-0.3, -0.25) is 0 Å². The van der Waals surface area contributed by atoms with E-state index in [1.807, 2.05) is 109 Å². The molecule has 0 amide bonds. The molecule has 14 aromatic rings. The number of benzene rings is 10. The van der Waals surface area contributed by atoms with Crippen molar-refractivity contribution in [2.45, 2.75) is 37.5 Å². The van der Waals surface area contributed by atoms with Crippen LogP contribution in [0, 0.1) is 0 Å². The van der Waals surface area contributed by atoms with Crippen molar-refractivity contribution < 1.29 is 86.5 Å². The predicted octanol–water partition coefficient (Wildman–Crippen LogP) is 22.3. The Morgan fingerprint density at radius 2 is 0.816 bits per heavy atom. The van der Waals surface area contributed by atoms with Crippen LogP contribution in [0.4, 0.5) is 92.9 Å². The molecule has 7 N–H and O–H groups in total. The number of nitrogens with one attached hydrogen (secondary N) is 3. The van der Waals surface area contributed by atoms with Gasteiger partial charge in [-0.2, -0.15) is 52.7 Å². The minimum Gasteiger partial charge on any atom is -0.465 e. The molecule has 586 valence electrons. The summed E-state index contributed by atoms with van der Waals surface area (Å²) < 4.78 is 166. The van der Waals surface area contributed by atoms with Gasteiger partial charge in [0.25, 0.3) is 0 Å². The minimum absolute atomic E-state index is 0.125. The molecule has 114 heavy (non-hydrogen) atoms. The van der Waals surface area contributed by atoms with E-state index < -0.39 is 66.0 Å².